The standard InChI is InChI=1S/C46H28N4O2/c1-23-10-12-25-27-14-16-29-31-18-20-33-44-34(46(51)50-38-9-5-3-7-36(38)48-45(33)50)21-19-32(43(31)44)30-17-15-28(41(27)42(29)30)26-13-11-24(39(23)40(25)26)22-49(52)37-8-4-2-6-35(37)47/h2-21,52H,22,47H2,1H3. The summed E-state index contributed by atoms with van der Waals surface area (Å²) in [5.74, 6) is 0. The third-order valence-electron chi connectivity index (χ3n) is 11.7. The molecule has 0 amide bonds. The summed E-state index contributed by atoms with van der Waals surface area (Å²) in [6.07, 6.45) is 0. The lowest BCUT2D eigenvalue weighted by Crippen LogP contribution is -2.19. The van der Waals surface area contributed by atoms with E-state index in [0.29, 0.717) is 29.0 Å². The Labute approximate surface area is 295 Å². The van der Waals surface area contributed by atoms with Gasteiger partial charge in [-0.3, -0.25) is 19.5 Å². The van der Waals surface area contributed by atoms with Gasteiger partial charge in [0.1, 0.15) is 5.65 Å². The number of benzene rings is 10. The fourth-order valence-corrected chi connectivity index (χ4v) is 9.54. The number of fused-ring (bicyclic) bond motifs is 8. The fourth-order valence-electron chi connectivity index (χ4n) is 9.54. The van der Waals surface area contributed by atoms with Gasteiger partial charge in [-0.25, -0.2) is 4.98 Å². The van der Waals surface area contributed by atoms with E-state index in [1.54, 1.807) is 10.5 Å². The molecule has 0 aliphatic carbocycles. The van der Waals surface area contributed by atoms with Crippen molar-refractivity contribution in [2.75, 3.05) is 10.8 Å². The summed E-state index contributed by atoms with van der Waals surface area (Å²) in [6.45, 7) is 2.45. The molecule has 52 heavy (non-hydrogen) atoms. The van der Waals surface area contributed by atoms with Gasteiger partial charge in [0, 0.05) is 16.2 Å². The number of para-hydroxylation sites is 4. The molecule has 0 bridgehead atoms. The van der Waals surface area contributed by atoms with Gasteiger partial charge in [-0.1, -0.05) is 84.9 Å². The molecule has 10 aromatic carbocycles. The number of pyridine rings is 1. The van der Waals surface area contributed by atoms with Crippen LogP contribution in [0.5, 0.6) is 0 Å². The largest absolute Gasteiger partial charge is 0.397 e. The number of hydrogen-bond donors (Lipinski definition) is 2. The van der Waals surface area contributed by atoms with Crippen LogP contribution in [0.15, 0.2) is 126 Å². The third-order valence-corrected chi connectivity index (χ3v) is 11.7. The summed E-state index contributed by atoms with van der Waals surface area (Å²) in [5.41, 5.74) is 11.9. The Morgan fingerprint density at radius 3 is 1.69 bits per heavy atom. The summed E-state index contributed by atoms with van der Waals surface area (Å²) in [5, 5.41) is 30.5. The third kappa shape index (κ3) is 3.29. The number of aromatic nitrogens is 2. The topological polar surface area (TPSA) is 83.9 Å². The van der Waals surface area contributed by atoms with Gasteiger partial charge in [0.05, 0.1) is 29.0 Å². The van der Waals surface area contributed by atoms with Crippen molar-refractivity contribution in [2.24, 2.45) is 0 Å². The molecular formula is C46H28N4O2. The molecule has 244 valence electrons. The summed E-state index contributed by atoms with van der Waals surface area (Å²) in [6, 6.07) is 41.7. The van der Waals surface area contributed by atoms with E-state index in [-0.39, 0.29) is 5.56 Å². The highest BCUT2D eigenvalue weighted by Crippen LogP contribution is 2.49. The normalized spacial score (nSPS) is 12.7. The smallest absolute Gasteiger partial charge is 0.264 e. The molecule has 6 heteroatoms. The molecule has 6 nitrogen and oxygen atoms in total. The Morgan fingerprint density at radius 1 is 0.577 bits per heavy atom. The first-order chi connectivity index (χ1) is 25.5. The molecule has 0 atom stereocenters. The first kappa shape index (κ1) is 28.0. The Bertz CT molecular complexity index is 3500. The van der Waals surface area contributed by atoms with Crippen molar-refractivity contribution in [3.8, 4) is 0 Å². The Kier molecular flexibility index (Phi) is 5.12. The molecule has 3 N–H and O–H groups in total. The number of nitrogen functional groups attached to an aromatic ring is 1. The van der Waals surface area contributed by atoms with E-state index < -0.39 is 0 Å². The predicted molar refractivity (Wildman–Crippen MR) is 216 cm³/mol. The number of nitrogens with zero attached hydrogens (tertiary/aromatic N) is 3. The van der Waals surface area contributed by atoms with Gasteiger partial charge in [0.2, 0.25) is 0 Å². The number of aryl methyl sites for hydroxylation is 1. The van der Waals surface area contributed by atoms with Crippen LogP contribution < -0.4 is 16.4 Å². The minimum atomic E-state index is -0.0353. The van der Waals surface area contributed by atoms with E-state index in [2.05, 4.69) is 73.7 Å². The zero-order chi connectivity index (χ0) is 34.6. The molecule has 2 heterocycles. The van der Waals surface area contributed by atoms with Crippen molar-refractivity contribution in [2.45, 2.75) is 13.5 Å². The van der Waals surface area contributed by atoms with Crippen LogP contribution >= 0.6 is 0 Å². The summed E-state index contributed by atoms with van der Waals surface area (Å²) >= 11 is 0. The second-order valence-electron chi connectivity index (χ2n) is 14.3. The quantitative estimate of drug-likeness (QED) is 0.0847. The lowest BCUT2D eigenvalue weighted by molar-refractivity contribution is 0.251. The minimum absolute atomic E-state index is 0.0353. The number of hydrogen-bond acceptors (Lipinski definition) is 5. The van der Waals surface area contributed by atoms with Crippen LogP contribution in [-0.2, 0) is 6.54 Å². The fraction of sp³-hybridized carbons (Fsp3) is 0.0435. The van der Waals surface area contributed by atoms with Crippen molar-refractivity contribution in [1.29, 1.82) is 0 Å². The van der Waals surface area contributed by atoms with E-state index in [9.17, 15) is 10.0 Å². The van der Waals surface area contributed by atoms with Gasteiger partial charge < -0.3 is 5.73 Å². The SMILES string of the molecule is Cc1ccc2c3ccc4c5ccc6c7c(ccc(c8ccc(c9ccc(CN(O)c%10ccccc%10N)c1c92)c3c84)c57)c(=O)n1c2ccccc2nc61. The molecule has 0 saturated carbocycles. The maximum Gasteiger partial charge on any atom is 0.264 e. The van der Waals surface area contributed by atoms with Gasteiger partial charge in [-0.2, -0.15) is 0 Å². The van der Waals surface area contributed by atoms with Crippen LogP contribution in [0.1, 0.15) is 11.1 Å². The number of rotatable bonds is 3. The van der Waals surface area contributed by atoms with Crippen LogP contribution in [0.4, 0.5) is 11.4 Å². The lowest BCUT2D eigenvalue weighted by Gasteiger charge is -2.23. The van der Waals surface area contributed by atoms with Crippen LogP contribution in [0.25, 0.3) is 103 Å². The van der Waals surface area contributed by atoms with Crippen molar-refractivity contribution in [1.82, 2.24) is 9.38 Å². The molecule has 0 aliphatic heterocycles. The summed E-state index contributed by atoms with van der Waals surface area (Å²) in [4.78, 5) is 19.1. The average Bonchev–Trinajstić information content (AvgIpc) is 3.57. The van der Waals surface area contributed by atoms with Crippen LogP contribution in [-0.4, -0.2) is 14.6 Å². The van der Waals surface area contributed by atoms with Crippen LogP contribution in [0, 0.1) is 6.92 Å². The molecule has 0 fully saturated rings. The number of anilines is 2. The first-order valence-corrected chi connectivity index (χ1v) is 17.6. The second kappa shape index (κ2) is 9.51. The molecule has 2 aromatic heterocycles. The Balaban J connectivity index is 1.18. The number of imidazole rings is 1. The highest BCUT2D eigenvalue weighted by Gasteiger charge is 2.24. The van der Waals surface area contributed by atoms with Crippen molar-refractivity contribution < 1.29 is 5.21 Å². The average molecular weight is 669 g/mol. The minimum Gasteiger partial charge on any atom is -0.397 e. The Hall–Kier alpha value is -6.76. The summed E-state index contributed by atoms with van der Waals surface area (Å²) < 4.78 is 1.77. The maximum absolute atomic E-state index is 14.2. The van der Waals surface area contributed by atoms with Gasteiger partial charge >= 0.3 is 0 Å². The number of nitrogens with two attached hydrogens (primary N) is 1. The van der Waals surface area contributed by atoms with Crippen molar-refractivity contribution in [3.63, 3.8) is 0 Å². The maximum atomic E-state index is 14.2. The van der Waals surface area contributed by atoms with Gasteiger partial charge in [-0.15, -0.1) is 0 Å². The van der Waals surface area contributed by atoms with E-state index in [1.807, 2.05) is 48.5 Å². The highest BCUT2D eigenvalue weighted by atomic mass is 16.5. The molecule has 12 rings (SSSR count). The monoisotopic (exact) mass is 668 g/mol. The van der Waals surface area contributed by atoms with E-state index in [4.69, 9.17) is 10.7 Å². The molecular weight excluding hydrogens is 641 g/mol. The van der Waals surface area contributed by atoms with Gasteiger partial charge in [0.15, 0.2) is 0 Å². The van der Waals surface area contributed by atoms with Gasteiger partial charge in [-0.05, 0) is 124 Å². The van der Waals surface area contributed by atoms with Crippen molar-refractivity contribution >= 4 is 114 Å². The second-order valence-corrected chi connectivity index (χ2v) is 14.3. The van der Waals surface area contributed by atoms with E-state index in [1.165, 1.54) is 53.5 Å². The molecule has 12 aromatic rings. The van der Waals surface area contributed by atoms with Crippen molar-refractivity contribution in [3.05, 3.63) is 143 Å². The molecule has 0 saturated heterocycles. The molecule has 0 spiro atoms. The zero-order valence-electron chi connectivity index (χ0n) is 28.0. The highest BCUT2D eigenvalue weighted by molar-refractivity contribution is 6.44. The lowest BCUT2D eigenvalue weighted by atomic mass is 9.82. The van der Waals surface area contributed by atoms with E-state index in [0.717, 1.165) is 54.5 Å². The molecule has 0 aliphatic rings. The van der Waals surface area contributed by atoms with Crippen LogP contribution in [0.3, 0.4) is 0 Å². The Morgan fingerprint density at radius 2 is 1.06 bits per heavy atom. The van der Waals surface area contributed by atoms with E-state index >= 15 is 0 Å². The molecule has 0 unspecified atom stereocenters. The first-order valence-electron chi connectivity index (χ1n) is 17.6. The molecule has 0 radical (unpaired) electrons. The summed E-state index contributed by atoms with van der Waals surface area (Å²) in [7, 11) is 0. The van der Waals surface area contributed by atoms with Crippen LogP contribution in [0.2, 0.25) is 0 Å². The zero-order valence-corrected chi connectivity index (χ0v) is 28.0. The number of hydroxylamine groups is 1. The van der Waals surface area contributed by atoms with Gasteiger partial charge in [0.25, 0.3) is 5.56 Å². The predicted octanol–water partition coefficient (Wildman–Crippen LogP) is 10.7.